The predicted molar refractivity (Wildman–Crippen MR) is 26.5 cm³/mol. The Morgan fingerprint density at radius 1 is 1.27 bits per heavy atom. The van der Waals surface area contributed by atoms with Crippen LogP contribution < -0.4 is 10.6 Å². The quantitative estimate of drug-likeness (QED) is 0.490. The van der Waals surface area contributed by atoms with Gasteiger partial charge in [-0.1, -0.05) is 0 Å². The van der Waals surface area contributed by atoms with Gasteiger partial charge in [-0.2, -0.15) is 13.2 Å². The van der Waals surface area contributed by atoms with Crippen molar-refractivity contribution in [1.29, 1.82) is 0 Å². The van der Waals surface area contributed by atoms with Gasteiger partial charge in [0.25, 0.3) is 5.91 Å². The normalized spacial score (nSPS) is 24.8. The lowest BCUT2D eigenvalue weighted by Gasteiger charge is -2.10. The van der Waals surface area contributed by atoms with Gasteiger partial charge in [0.05, 0.1) is 0 Å². The SMILES string of the molecule is O=C1NC(=O)C(C(F)(F)F)N1. The molecule has 1 aliphatic rings. The third-order valence-corrected chi connectivity index (χ3v) is 1.10. The van der Waals surface area contributed by atoms with Crippen LogP contribution in [0, 0.1) is 0 Å². The first-order chi connectivity index (χ1) is 4.91. The summed E-state index contributed by atoms with van der Waals surface area (Å²) >= 11 is 0. The standard InChI is InChI=1S/C4H3F3N2O2/c5-4(6,7)1-2(10)9-3(11)8-1/h1H,(H2,8,9,10,11). The Bertz CT molecular complexity index is 212. The molecule has 1 aliphatic heterocycles. The maximum Gasteiger partial charge on any atom is 0.417 e. The van der Waals surface area contributed by atoms with Crippen LogP contribution >= 0.6 is 0 Å². The summed E-state index contributed by atoms with van der Waals surface area (Å²) in [6.45, 7) is 0. The highest BCUT2D eigenvalue weighted by Gasteiger charge is 2.49. The molecule has 1 atom stereocenters. The molecule has 0 aromatic rings. The Morgan fingerprint density at radius 3 is 2.00 bits per heavy atom. The van der Waals surface area contributed by atoms with Gasteiger partial charge in [-0.15, -0.1) is 0 Å². The molecule has 0 radical (unpaired) electrons. The van der Waals surface area contributed by atoms with Crippen molar-refractivity contribution < 1.29 is 22.8 Å². The highest BCUT2D eigenvalue weighted by molar-refractivity contribution is 6.04. The van der Waals surface area contributed by atoms with E-state index < -0.39 is 24.2 Å². The Hall–Kier alpha value is -1.27. The number of carbonyl (C=O) groups is 2. The molecule has 62 valence electrons. The number of alkyl halides is 3. The van der Waals surface area contributed by atoms with Crippen molar-refractivity contribution in [1.82, 2.24) is 10.6 Å². The summed E-state index contributed by atoms with van der Waals surface area (Å²) in [4.78, 5) is 20.5. The van der Waals surface area contributed by atoms with Crippen LogP contribution in [0.15, 0.2) is 0 Å². The number of urea groups is 1. The minimum Gasteiger partial charge on any atom is -0.318 e. The first-order valence-corrected chi connectivity index (χ1v) is 2.59. The largest absolute Gasteiger partial charge is 0.417 e. The second kappa shape index (κ2) is 2.11. The zero-order valence-electron chi connectivity index (χ0n) is 5.03. The summed E-state index contributed by atoms with van der Waals surface area (Å²) in [5.41, 5.74) is 0. The van der Waals surface area contributed by atoms with Crippen molar-refractivity contribution in [3.8, 4) is 0 Å². The molecule has 0 aliphatic carbocycles. The summed E-state index contributed by atoms with van der Waals surface area (Å²) in [6.07, 6.45) is -4.71. The van der Waals surface area contributed by atoms with Crippen LogP contribution in [-0.2, 0) is 4.79 Å². The molecule has 1 fully saturated rings. The van der Waals surface area contributed by atoms with E-state index in [2.05, 4.69) is 0 Å². The van der Waals surface area contributed by atoms with Crippen LogP contribution in [0.3, 0.4) is 0 Å². The Kier molecular flexibility index (Phi) is 1.50. The fraction of sp³-hybridized carbons (Fsp3) is 0.500. The molecule has 4 nitrogen and oxygen atoms in total. The average Bonchev–Trinajstić information content (AvgIpc) is 2.08. The van der Waals surface area contributed by atoms with Crippen LogP contribution in [0.5, 0.6) is 0 Å². The van der Waals surface area contributed by atoms with Crippen molar-refractivity contribution in [2.24, 2.45) is 0 Å². The summed E-state index contributed by atoms with van der Waals surface area (Å²) in [6, 6.07) is -3.51. The molecular formula is C4H3F3N2O2. The summed E-state index contributed by atoms with van der Waals surface area (Å²) in [5.74, 6) is -1.36. The molecular weight excluding hydrogens is 165 g/mol. The molecule has 1 saturated heterocycles. The molecule has 7 heteroatoms. The summed E-state index contributed by atoms with van der Waals surface area (Å²) in [5, 5.41) is 2.88. The predicted octanol–water partition coefficient (Wildman–Crippen LogP) is -0.243. The van der Waals surface area contributed by atoms with Crippen LogP contribution in [0.2, 0.25) is 0 Å². The van der Waals surface area contributed by atoms with Crippen LogP contribution in [0.25, 0.3) is 0 Å². The first kappa shape index (κ1) is 7.83. The first-order valence-electron chi connectivity index (χ1n) is 2.59. The van der Waals surface area contributed by atoms with Gasteiger partial charge in [0, 0.05) is 0 Å². The Labute approximate surface area is 58.7 Å². The average molecular weight is 168 g/mol. The lowest BCUT2D eigenvalue weighted by atomic mass is 10.3. The maximum absolute atomic E-state index is 11.7. The zero-order valence-corrected chi connectivity index (χ0v) is 5.03. The molecule has 11 heavy (non-hydrogen) atoms. The molecule has 1 unspecified atom stereocenters. The second-order valence-electron chi connectivity index (χ2n) is 1.94. The van der Waals surface area contributed by atoms with Gasteiger partial charge in [-0.25, -0.2) is 4.79 Å². The molecule has 3 amide bonds. The van der Waals surface area contributed by atoms with E-state index in [1.807, 2.05) is 0 Å². The smallest absolute Gasteiger partial charge is 0.318 e. The number of nitrogens with one attached hydrogen (secondary N) is 2. The number of rotatable bonds is 0. The number of hydrogen-bond donors (Lipinski definition) is 2. The number of carbonyl (C=O) groups excluding carboxylic acids is 2. The summed E-state index contributed by atoms with van der Waals surface area (Å²) < 4.78 is 35.1. The van der Waals surface area contributed by atoms with Gasteiger partial charge in [0.2, 0.25) is 6.04 Å². The number of amides is 3. The molecule has 1 rings (SSSR count). The van der Waals surface area contributed by atoms with Gasteiger partial charge >= 0.3 is 12.2 Å². The van der Waals surface area contributed by atoms with E-state index in [9.17, 15) is 22.8 Å². The fourth-order valence-corrected chi connectivity index (χ4v) is 0.647. The molecule has 0 saturated carbocycles. The number of imide groups is 1. The van der Waals surface area contributed by atoms with E-state index in [-0.39, 0.29) is 0 Å². The van der Waals surface area contributed by atoms with Gasteiger partial charge in [-0.3, -0.25) is 10.1 Å². The molecule has 0 aromatic heterocycles. The lowest BCUT2D eigenvalue weighted by Crippen LogP contribution is -2.43. The van der Waals surface area contributed by atoms with E-state index in [1.165, 1.54) is 10.6 Å². The zero-order chi connectivity index (χ0) is 8.65. The third-order valence-electron chi connectivity index (χ3n) is 1.10. The van der Waals surface area contributed by atoms with Gasteiger partial charge < -0.3 is 5.32 Å². The monoisotopic (exact) mass is 168 g/mol. The van der Waals surface area contributed by atoms with E-state index in [4.69, 9.17) is 0 Å². The molecule has 0 bridgehead atoms. The topological polar surface area (TPSA) is 58.2 Å². The van der Waals surface area contributed by atoms with Gasteiger partial charge in [0.1, 0.15) is 0 Å². The minimum atomic E-state index is -4.71. The van der Waals surface area contributed by atoms with E-state index in [0.29, 0.717) is 0 Å². The van der Waals surface area contributed by atoms with Crippen molar-refractivity contribution in [2.75, 3.05) is 0 Å². The van der Waals surface area contributed by atoms with Crippen molar-refractivity contribution in [3.05, 3.63) is 0 Å². The van der Waals surface area contributed by atoms with Crippen molar-refractivity contribution >= 4 is 11.9 Å². The van der Waals surface area contributed by atoms with E-state index >= 15 is 0 Å². The lowest BCUT2D eigenvalue weighted by molar-refractivity contribution is -0.162. The third kappa shape index (κ3) is 1.41. The number of hydrogen-bond acceptors (Lipinski definition) is 2. The van der Waals surface area contributed by atoms with E-state index in [0.717, 1.165) is 0 Å². The highest BCUT2D eigenvalue weighted by Crippen LogP contribution is 2.21. The molecule has 2 N–H and O–H groups in total. The molecule has 0 aromatic carbocycles. The second-order valence-corrected chi connectivity index (χ2v) is 1.94. The van der Waals surface area contributed by atoms with Crippen LogP contribution in [0.1, 0.15) is 0 Å². The maximum atomic E-state index is 11.7. The minimum absolute atomic E-state index is 1.11. The van der Waals surface area contributed by atoms with Crippen molar-refractivity contribution in [3.63, 3.8) is 0 Å². The number of halogens is 3. The van der Waals surface area contributed by atoms with Crippen LogP contribution in [-0.4, -0.2) is 24.2 Å². The molecule has 0 spiro atoms. The van der Waals surface area contributed by atoms with Crippen LogP contribution in [0.4, 0.5) is 18.0 Å². The fourth-order valence-electron chi connectivity index (χ4n) is 0.647. The molecule has 1 heterocycles. The Morgan fingerprint density at radius 2 is 1.82 bits per heavy atom. The Balaban J connectivity index is 2.76. The van der Waals surface area contributed by atoms with E-state index in [1.54, 1.807) is 0 Å². The van der Waals surface area contributed by atoms with Crippen molar-refractivity contribution in [2.45, 2.75) is 12.2 Å². The van der Waals surface area contributed by atoms with Gasteiger partial charge in [0.15, 0.2) is 0 Å². The van der Waals surface area contributed by atoms with Gasteiger partial charge in [-0.05, 0) is 0 Å². The highest BCUT2D eigenvalue weighted by atomic mass is 19.4. The summed E-state index contributed by atoms with van der Waals surface area (Å²) in [7, 11) is 0.